The van der Waals surface area contributed by atoms with Gasteiger partial charge in [0.15, 0.2) is 0 Å². The molecule has 1 heterocycles. The van der Waals surface area contributed by atoms with Crippen LogP contribution >= 0.6 is 0 Å². The van der Waals surface area contributed by atoms with Crippen molar-refractivity contribution in [2.24, 2.45) is 0 Å². The second-order valence-electron chi connectivity index (χ2n) is 6.07. The normalized spacial score (nSPS) is 18.4. The zero-order chi connectivity index (χ0) is 16.9. The molecule has 0 radical (unpaired) electrons. The van der Waals surface area contributed by atoms with Gasteiger partial charge in [-0.3, -0.25) is 9.69 Å². The van der Waals surface area contributed by atoms with E-state index in [0.29, 0.717) is 6.04 Å². The first kappa shape index (κ1) is 16.5. The van der Waals surface area contributed by atoms with Crippen LogP contribution in [-0.2, 0) is 4.79 Å². The molecule has 0 bridgehead atoms. The first-order valence-electron chi connectivity index (χ1n) is 8.43. The van der Waals surface area contributed by atoms with E-state index in [1.807, 2.05) is 17.0 Å². The Morgan fingerprint density at radius 2 is 1.96 bits per heavy atom. The number of amides is 1. The molecular formula is C20H24N2O2. The molecule has 2 aliphatic carbocycles. The van der Waals surface area contributed by atoms with Crippen LogP contribution in [0.1, 0.15) is 18.5 Å². The summed E-state index contributed by atoms with van der Waals surface area (Å²) >= 11 is 0. The SMILES string of the molecule is CCN1CCN(C=O)CC1c1ccccc1.COc1ccc2cc1-2. The van der Waals surface area contributed by atoms with Gasteiger partial charge in [0.25, 0.3) is 0 Å². The van der Waals surface area contributed by atoms with Crippen molar-refractivity contribution in [1.82, 2.24) is 9.80 Å². The van der Waals surface area contributed by atoms with Gasteiger partial charge in [0.1, 0.15) is 5.75 Å². The maximum absolute atomic E-state index is 10.8. The Morgan fingerprint density at radius 1 is 1.17 bits per heavy atom. The number of carbonyl (C=O) groups is 1. The minimum absolute atomic E-state index is 0.352. The van der Waals surface area contributed by atoms with Crippen LogP contribution in [-0.4, -0.2) is 49.5 Å². The van der Waals surface area contributed by atoms with Gasteiger partial charge in [0.05, 0.1) is 13.2 Å². The van der Waals surface area contributed by atoms with E-state index < -0.39 is 0 Å². The van der Waals surface area contributed by atoms with Gasteiger partial charge in [-0.25, -0.2) is 0 Å². The van der Waals surface area contributed by atoms with Crippen molar-refractivity contribution in [2.75, 3.05) is 33.3 Å². The molecule has 4 heteroatoms. The van der Waals surface area contributed by atoms with Gasteiger partial charge < -0.3 is 9.64 Å². The smallest absolute Gasteiger partial charge is 0.209 e. The zero-order valence-electron chi connectivity index (χ0n) is 14.3. The lowest BCUT2D eigenvalue weighted by Crippen LogP contribution is -2.47. The lowest BCUT2D eigenvalue weighted by Gasteiger charge is -2.39. The van der Waals surface area contributed by atoms with Gasteiger partial charge in [-0.2, -0.15) is 0 Å². The molecule has 3 aliphatic rings. The molecule has 126 valence electrons. The summed E-state index contributed by atoms with van der Waals surface area (Å²) in [7, 11) is 1.70. The maximum Gasteiger partial charge on any atom is 0.209 e. The molecule has 0 saturated carbocycles. The highest BCUT2D eigenvalue weighted by Gasteiger charge is 2.26. The first-order chi connectivity index (χ1) is 11.8. The quantitative estimate of drug-likeness (QED) is 0.691. The molecule has 24 heavy (non-hydrogen) atoms. The van der Waals surface area contributed by atoms with Crippen LogP contribution < -0.4 is 4.74 Å². The molecule has 1 unspecified atom stereocenters. The lowest BCUT2D eigenvalue weighted by molar-refractivity contribution is -0.121. The molecule has 1 aromatic rings. The Labute approximate surface area is 143 Å². The molecule has 4 rings (SSSR count). The lowest BCUT2D eigenvalue weighted by atomic mass is 10.0. The minimum Gasteiger partial charge on any atom is -0.496 e. The average molecular weight is 324 g/mol. The van der Waals surface area contributed by atoms with Crippen LogP contribution in [0.4, 0.5) is 0 Å². The van der Waals surface area contributed by atoms with Gasteiger partial charge >= 0.3 is 0 Å². The van der Waals surface area contributed by atoms with Gasteiger partial charge in [0, 0.05) is 25.2 Å². The Bertz CT molecular complexity index is 687. The summed E-state index contributed by atoms with van der Waals surface area (Å²) < 4.78 is 5.01. The fraction of sp³-hybridized carbons (Fsp3) is 0.350. The molecule has 1 fully saturated rings. The Morgan fingerprint density at radius 3 is 2.46 bits per heavy atom. The summed E-state index contributed by atoms with van der Waals surface area (Å²) in [4.78, 5) is 15.1. The van der Waals surface area contributed by atoms with E-state index in [0.717, 1.165) is 38.3 Å². The van der Waals surface area contributed by atoms with E-state index in [1.165, 1.54) is 16.7 Å². The average Bonchev–Trinajstić information content (AvgIpc) is 3.33. The van der Waals surface area contributed by atoms with Crippen molar-refractivity contribution in [2.45, 2.75) is 13.0 Å². The number of fused-ring (bicyclic) bond motifs is 1. The van der Waals surface area contributed by atoms with E-state index in [-0.39, 0.29) is 0 Å². The molecular weight excluding hydrogens is 300 g/mol. The Kier molecular flexibility index (Phi) is 5.16. The van der Waals surface area contributed by atoms with Gasteiger partial charge in [-0.15, -0.1) is 0 Å². The number of piperazine rings is 1. The first-order valence-corrected chi connectivity index (χ1v) is 8.43. The number of hydrogen-bond donors (Lipinski definition) is 0. The highest BCUT2D eigenvalue weighted by Crippen LogP contribution is 2.43. The predicted molar refractivity (Wildman–Crippen MR) is 96.1 cm³/mol. The number of carbonyl (C=O) groups excluding carboxylic acids is 1. The highest BCUT2D eigenvalue weighted by molar-refractivity contribution is 5.87. The molecule has 1 amide bonds. The van der Waals surface area contributed by atoms with Crippen LogP contribution in [0.15, 0.2) is 48.5 Å². The summed E-state index contributed by atoms with van der Waals surface area (Å²) in [5.74, 6) is 1.01. The standard InChI is InChI=1S/C13H18N2O.C7H6O/c1-2-15-9-8-14(11-16)10-13(15)12-6-4-3-5-7-12;1-8-7-3-2-5-4-6(5)7/h3-7,11,13H,2,8-10H2,1H3;2-4H,1H3. The van der Waals surface area contributed by atoms with E-state index >= 15 is 0 Å². The summed E-state index contributed by atoms with van der Waals surface area (Å²) in [5, 5.41) is 0. The minimum atomic E-state index is 0.352. The number of likely N-dealkylation sites (N-methyl/N-ethyl adjacent to an activating group) is 1. The molecule has 1 atom stereocenters. The number of hydrogen-bond acceptors (Lipinski definition) is 3. The van der Waals surface area contributed by atoms with Gasteiger partial charge in [-0.05, 0) is 29.8 Å². The van der Waals surface area contributed by atoms with Crippen molar-refractivity contribution >= 4 is 6.41 Å². The van der Waals surface area contributed by atoms with Crippen molar-refractivity contribution in [3.8, 4) is 16.9 Å². The van der Waals surface area contributed by atoms with E-state index in [2.05, 4.69) is 48.2 Å². The van der Waals surface area contributed by atoms with Gasteiger partial charge in [-0.1, -0.05) is 43.3 Å². The largest absolute Gasteiger partial charge is 0.496 e. The van der Waals surface area contributed by atoms with Gasteiger partial charge in [0.2, 0.25) is 6.41 Å². The second kappa shape index (κ2) is 7.49. The number of ether oxygens (including phenoxy) is 1. The van der Waals surface area contributed by atoms with Crippen molar-refractivity contribution in [1.29, 1.82) is 0 Å². The zero-order valence-corrected chi connectivity index (χ0v) is 14.3. The Hall–Kier alpha value is -2.33. The number of nitrogens with zero attached hydrogens (tertiary/aromatic N) is 2. The summed E-state index contributed by atoms with van der Waals surface area (Å²) in [6.07, 6.45) is 0.961. The summed E-state index contributed by atoms with van der Waals surface area (Å²) in [5.41, 5.74) is 3.92. The van der Waals surface area contributed by atoms with E-state index in [4.69, 9.17) is 4.74 Å². The number of methoxy groups -OCH3 is 1. The van der Waals surface area contributed by atoms with Crippen molar-refractivity contribution < 1.29 is 9.53 Å². The van der Waals surface area contributed by atoms with Crippen LogP contribution in [0.25, 0.3) is 11.1 Å². The van der Waals surface area contributed by atoms with Crippen LogP contribution in [0.3, 0.4) is 0 Å². The van der Waals surface area contributed by atoms with Crippen LogP contribution in [0, 0.1) is 0 Å². The fourth-order valence-corrected chi connectivity index (χ4v) is 3.21. The molecule has 0 aromatic heterocycles. The van der Waals surface area contributed by atoms with Crippen molar-refractivity contribution in [3.05, 3.63) is 54.1 Å². The fourth-order valence-electron chi connectivity index (χ4n) is 3.21. The molecule has 0 spiro atoms. The third-order valence-electron chi connectivity index (χ3n) is 4.69. The Balaban J connectivity index is 0.000000175. The predicted octanol–water partition coefficient (Wildman–Crippen LogP) is 3.20. The molecule has 1 aromatic carbocycles. The summed E-state index contributed by atoms with van der Waals surface area (Å²) in [6, 6.07) is 16.9. The third kappa shape index (κ3) is 3.60. The molecule has 0 N–H and O–H groups in total. The topological polar surface area (TPSA) is 32.8 Å². The van der Waals surface area contributed by atoms with Crippen LogP contribution in [0.5, 0.6) is 5.75 Å². The molecule has 1 saturated heterocycles. The van der Waals surface area contributed by atoms with Crippen LogP contribution in [0.2, 0.25) is 0 Å². The second-order valence-corrected chi connectivity index (χ2v) is 6.07. The number of benzene rings is 2. The van der Waals surface area contributed by atoms with Crippen molar-refractivity contribution in [3.63, 3.8) is 0 Å². The molecule has 1 aliphatic heterocycles. The summed E-state index contributed by atoms with van der Waals surface area (Å²) in [6.45, 7) is 5.83. The molecule has 4 nitrogen and oxygen atoms in total. The number of rotatable bonds is 4. The monoisotopic (exact) mass is 324 g/mol. The van der Waals surface area contributed by atoms with E-state index in [1.54, 1.807) is 7.11 Å². The maximum atomic E-state index is 10.8. The third-order valence-corrected chi connectivity index (χ3v) is 4.69. The van der Waals surface area contributed by atoms with E-state index in [9.17, 15) is 4.79 Å². The highest BCUT2D eigenvalue weighted by atomic mass is 16.5.